The highest BCUT2D eigenvalue weighted by Crippen LogP contribution is 2.51. The summed E-state index contributed by atoms with van der Waals surface area (Å²) in [6, 6.07) is 25.2. The van der Waals surface area contributed by atoms with Gasteiger partial charge in [0.1, 0.15) is 0 Å². The zero-order chi connectivity index (χ0) is 23.9. The van der Waals surface area contributed by atoms with Crippen LogP contribution in [0.3, 0.4) is 0 Å². The molecular formula is C30H24Cl2N2S. The summed E-state index contributed by atoms with van der Waals surface area (Å²) in [5.41, 5.74) is 9.88. The molecule has 3 aromatic carbocycles. The first kappa shape index (κ1) is 22.7. The van der Waals surface area contributed by atoms with Crippen LogP contribution in [0.25, 0.3) is 11.8 Å². The maximum atomic E-state index is 6.28. The second kappa shape index (κ2) is 9.39. The van der Waals surface area contributed by atoms with Crippen LogP contribution < -0.4 is 0 Å². The number of halogens is 2. The molecule has 0 saturated heterocycles. The van der Waals surface area contributed by atoms with E-state index in [9.17, 15) is 0 Å². The first-order valence-corrected chi connectivity index (χ1v) is 13.5. The number of benzene rings is 3. The minimum absolute atomic E-state index is 0.0891. The predicted molar refractivity (Wildman–Crippen MR) is 151 cm³/mol. The van der Waals surface area contributed by atoms with Crippen molar-refractivity contribution in [3.05, 3.63) is 127 Å². The summed E-state index contributed by atoms with van der Waals surface area (Å²) in [5.74, 6) is 0. The molecule has 2 nitrogen and oxygen atoms in total. The lowest BCUT2D eigenvalue weighted by Gasteiger charge is -2.40. The standard InChI is InChI=1S/C30H24Cl2N2S/c1-19-5-9-21(10-6-19)27-18-35-30-33-28-23(17-20-7-13-24(31)14-8-20)3-2-4-26(28)29(34(27)30)22-11-15-25(32)16-12-22/h5-18,29H,2-4H2,1H3/b23-17+. The average molecular weight is 516 g/mol. The van der Waals surface area contributed by atoms with E-state index in [1.807, 2.05) is 24.3 Å². The highest BCUT2D eigenvalue weighted by atomic mass is 35.5. The maximum absolute atomic E-state index is 6.28. The molecule has 3 aliphatic rings. The van der Waals surface area contributed by atoms with E-state index in [0.29, 0.717) is 0 Å². The molecule has 0 N–H and O–H groups in total. The van der Waals surface area contributed by atoms with Crippen LogP contribution in [0.2, 0.25) is 10.0 Å². The largest absolute Gasteiger partial charge is 0.308 e. The van der Waals surface area contributed by atoms with Gasteiger partial charge in [-0.1, -0.05) is 89.1 Å². The van der Waals surface area contributed by atoms with Gasteiger partial charge in [-0.15, -0.1) is 0 Å². The van der Waals surface area contributed by atoms with Gasteiger partial charge in [-0.05, 0) is 84.4 Å². The predicted octanol–water partition coefficient (Wildman–Crippen LogP) is 9.28. The second-order valence-electron chi connectivity index (χ2n) is 9.15. The number of aliphatic imine (C=N–C) groups is 1. The summed E-state index contributed by atoms with van der Waals surface area (Å²) < 4.78 is 0. The fourth-order valence-corrected chi connectivity index (χ4v) is 6.24. The van der Waals surface area contributed by atoms with Crippen LogP contribution in [-0.4, -0.2) is 10.1 Å². The van der Waals surface area contributed by atoms with Crippen molar-refractivity contribution in [2.75, 3.05) is 0 Å². The average Bonchev–Trinajstić information content (AvgIpc) is 3.29. The Morgan fingerprint density at radius 2 is 1.57 bits per heavy atom. The van der Waals surface area contributed by atoms with E-state index >= 15 is 0 Å². The number of nitrogens with zero attached hydrogens (tertiary/aromatic N) is 2. The first-order valence-electron chi connectivity index (χ1n) is 11.8. The Bertz CT molecular complexity index is 1400. The van der Waals surface area contributed by atoms with E-state index in [0.717, 1.165) is 45.7 Å². The summed E-state index contributed by atoms with van der Waals surface area (Å²) in [5, 5.41) is 4.78. The van der Waals surface area contributed by atoms with Gasteiger partial charge in [-0.25, -0.2) is 4.99 Å². The molecule has 2 aliphatic heterocycles. The summed E-state index contributed by atoms with van der Waals surface area (Å²) >= 11 is 14.1. The van der Waals surface area contributed by atoms with Crippen molar-refractivity contribution in [3.63, 3.8) is 0 Å². The van der Waals surface area contributed by atoms with Crippen LogP contribution in [0.4, 0.5) is 0 Å². The summed E-state index contributed by atoms with van der Waals surface area (Å²) in [4.78, 5) is 7.68. The van der Waals surface area contributed by atoms with Crippen LogP contribution >= 0.6 is 35.0 Å². The Labute approximate surface area is 220 Å². The van der Waals surface area contributed by atoms with E-state index in [1.54, 1.807) is 11.8 Å². The minimum Gasteiger partial charge on any atom is -0.308 e. The number of amidine groups is 1. The normalized spacial score (nSPS) is 20.5. The molecule has 1 unspecified atom stereocenters. The molecule has 174 valence electrons. The lowest BCUT2D eigenvalue weighted by molar-refractivity contribution is 0.458. The van der Waals surface area contributed by atoms with Crippen LogP contribution in [0.5, 0.6) is 0 Å². The molecule has 3 aromatic rings. The molecule has 1 aliphatic carbocycles. The molecule has 1 atom stereocenters. The molecule has 0 fully saturated rings. The topological polar surface area (TPSA) is 15.6 Å². The zero-order valence-electron chi connectivity index (χ0n) is 19.3. The highest BCUT2D eigenvalue weighted by molar-refractivity contribution is 8.16. The number of aryl methyl sites for hydroxylation is 1. The smallest absolute Gasteiger partial charge is 0.174 e. The molecule has 35 heavy (non-hydrogen) atoms. The van der Waals surface area contributed by atoms with Crippen molar-refractivity contribution >= 4 is 51.9 Å². The molecule has 0 bridgehead atoms. The molecule has 0 radical (unpaired) electrons. The zero-order valence-corrected chi connectivity index (χ0v) is 21.7. The molecular weight excluding hydrogens is 491 g/mol. The molecule has 0 saturated carbocycles. The van der Waals surface area contributed by atoms with Crippen LogP contribution in [0.1, 0.15) is 47.6 Å². The molecule has 0 aromatic heterocycles. The lowest BCUT2D eigenvalue weighted by Crippen LogP contribution is -2.34. The van der Waals surface area contributed by atoms with Gasteiger partial charge >= 0.3 is 0 Å². The highest BCUT2D eigenvalue weighted by Gasteiger charge is 2.40. The third-order valence-corrected chi connectivity index (χ3v) is 8.13. The van der Waals surface area contributed by atoms with Gasteiger partial charge in [0.25, 0.3) is 0 Å². The fourth-order valence-electron chi connectivity index (χ4n) is 5.06. The van der Waals surface area contributed by atoms with Crippen molar-refractivity contribution in [3.8, 4) is 0 Å². The fraction of sp³-hybridized carbons (Fsp3) is 0.167. The SMILES string of the molecule is Cc1ccc(C2=CSC3=NC4=C(CCC/C4=C\c4ccc(Cl)cc4)C(c4ccc(Cl)cc4)N23)cc1. The number of fused-ring (bicyclic) bond motifs is 1. The molecule has 0 amide bonds. The monoisotopic (exact) mass is 514 g/mol. The van der Waals surface area contributed by atoms with E-state index in [-0.39, 0.29) is 6.04 Å². The Kier molecular flexibility index (Phi) is 6.09. The van der Waals surface area contributed by atoms with Crippen molar-refractivity contribution in [1.82, 2.24) is 4.90 Å². The summed E-state index contributed by atoms with van der Waals surface area (Å²) in [6.45, 7) is 2.12. The molecule has 0 spiro atoms. The van der Waals surface area contributed by atoms with E-state index in [2.05, 4.69) is 71.8 Å². The Morgan fingerprint density at radius 1 is 0.886 bits per heavy atom. The quantitative estimate of drug-likeness (QED) is 0.345. The number of hydrogen-bond donors (Lipinski definition) is 0. The Morgan fingerprint density at radius 3 is 2.29 bits per heavy atom. The number of hydrogen-bond acceptors (Lipinski definition) is 3. The van der Waals surface area contributed by atoms with Crippen molar-refractivity contribution in [2.45, 2.75) is 32.2 Å². The number of allylic oxidation sites excluding steroid dienone is 1. The van der Waals surface area contributed by atoms with Crippen LogP contribution in [0.15, 0.2) is 100 Å². The van der Waals surface area contributed by atoms with Gasteiger partial charge in [0.2, 0.25) is 0 Å². The first-order chi connectivity index (χ1) is 17.1. The van der Waals surface area contributed by atoms with Gasteiger partial charge in [-0.3, -0.25) is 0 Å². The van der Waals surface area contributed by atoms with Crippen molar-refractivity contribution in [1.29, 1.82) is 0 Å². The summed E-state index contributed by atoms with van der Waals surface area (Å²) in [6.07, 6.45) is 5.43. The minimum atomic E-state index is 0.0891. The van der Waals surface area contributed by atoms with Gasteiger partial charge in [0, 0.05) is 15.5 Å². The molecule has 6 rings (SSSR count). The van der Waals surface area contributed by atoms with Gasteiger partial charge in [0.05, 0.1) is 17.4 Å². The molecule has 5 heteroatoms. The van der Waals surface area contributed by atoms with Gasteiger partial charge in [-0.2, -0.15) is 0 Å². The van der Waals surface area contributed by atoms with Gasteiger partial charge < -0.3 is 4.90 Å². The van der Waals surface area contributed by atoms with Crippen LogP contribution in [-0.2, 0) is 0 Å². The third kappa shape index (κ3) is 4.38. The molecule has 2 heterocycles. The number of rotatable bonds is 3. The Balaban J connectivity index is 1.48. The van der Waals surface area contributed by atoms with Crippen molar-refractivity contribution in [2.24, 2.45) is 4.99 Å². The summed E-state index contributed by atoms with van der Waals surface area (Å²) in [7, 11) is 0. The van der Waals surface area contributed by atoms with Gasteiger partial charge in [0.15, 0.2) is 5.17 Å². The van der Waals surface area contributed by atoms with Crippen LogP contribution in [0, 0.1) is 6.92 Å². The van der Waals surface area contributed by atoms with E-state index in [1.165, 1.54) is 33.5 Å². The maximum Gasteiger partial charge on any atom is 0.174 e. The second-order valence-corrected chi connectivity index (χ2v) is 10.9. The lowest BCUT2D eigenvalue weighted by atomic mass is 9.82. The Hall–Kier alpha value is -2.72. The third-order valence-electron chi connectivity index (χ3n) is 6.78. The van der Waals surface area contributed by atoms with Crippen molar-refractivity contribution < 1.29 is 0 Å². The van der Waals surface area contributed by atoms with E-state index in [4.69, 9.17) is 28.2 Å². The van der Waals surface area contributed by atoms with E-state index < -0.39 is 0 Å². The number of thioether (sulfide) groups is 1.